The summed E-state index contributed by atoms with van der Waals surface area (Å²) in [6.07, 6.45) is 0.707. The molecule has 0 aromatic heterocycles. The zero-order valence-electron chi connectivity index (χ0n) is 14.5. The molecule has 1 heterocycles. The quantitative estimate of drug-likeness (QED) is 0.877. The van der Waals surface area contributed by atoms with Gasteiger partial charge in [0.25, 0.3) is 15.9 Å². The molecule has 0 spiro atoms. The van der Waals surface area contributed by atoms with Gasteiger partial charge in [0, 0.05) is 31.9 Å². The van der Waals surface area contributed by atoms with E-state index < -0.39 is 10.0 Å². The van der Waals surface area contributed by atoms with Gasteiger partial charge in [-0.1, -0.05) is 12.1 Å². The van der Waals surface area contributed by atoms with Gasteiger partial charge in [0.05, 0.1) is 10.6 Å². The van der Waals surface area contributed by atoms with Crippen molar-refractivity contribution in [1.82, 2.24) is 5.32 Å². The van der Waals surface area contributed by atoms with Crippen molar-refractivity contribution in [2.24, 2.45) is 0 Å². The van der Waals surface area contributed by atoms with E-state index in [9.17, 15) is 13.2 Å². The monoisotopic (exact) mass is 359 g/mol. The Labute approximate surface area is 147 Å². The molecule has 2 aromatic rings. The SMILES string of the molecule is Cc1c(NS(=O)(=O)c2ccc3c(c2)C(=O)NCC3)cccc1N(C)C. The summed E-state index contributed by atoms with van der Waals surface area (Å²) >= 11 is 0. The third-order valence-corrected chi connectivity index (χ3v) is 5.71. The van der Waals surface area contributed by atoms with E-state index in [1.807, 2.05) is 32.0 Å². The number of hydrogen-bond donors (Lipinski definition) is 2. The van der Waals surface area contributed by atoms with Gasteiger partial charge in [0.1, 0.15) is 0 Å². The lowest BCUT2D eigenvalue weighted by Gasteiger charge is -2.20. The van der Waals surface area contributed by atoms with Crippen molar-refractivity contribution < 1.29 is 13.2 Å². The smallest absolute Gasteiger partial charge is 0.261 e. The Balaban J connectivity index is 1.97. The van der Waals surface area contributed by atoms with Crippen LogP contribution >= 0.6 is 0 Å². The molecule has 7 heteroatoms. The number of amides is 1. The molecule has 0 fully saturated rings. The first kappa shape index (κ1) is 17.3. The molecule has 0 bridgehead atoms. The predicted molar refractivity (Wildman–Crippen MR) is 98.8 cm³/mol. The predicted octanol–water partition coefficient (Wildman–Crippen LogP) is 2.15. The van der Waals surface area contributed by atoms with Gasteiger partial charge < -0.3 is 10.2 Å². The van der Waals surface area contributed by atoms with E-state index >= 15 is 0 Å². The number of benzene rings is 2. The molecule has 2 N–H and O–H groups in total. The van der Waals surface area contributed by atoms with Crippen molar-refractivity contribution in [3.05, 3.63) is 53.1 Å². The average molecular weight is 359 g/mol. The van der Waals surface area contributed by atoms with Crippen molar-refractivity contribution in [1.29, 1.82) is 0 Å². The fourth-order valence-corrected chi connectivity index (χ4v) is 4.13. The minimum absolute atomic E-state index is 0.0814. The average Bonchev–Trinajstić information content (AvgIpc) is 2.56. The molecule has 132 valence electrons. The number of nitrogens with one attached hydrogen (secondary N) is 2. The summed E-state index contributed by atoms with van der Waals surface area (Å²) in [4.78, 5) is 14.0. The van der Waals surface area contributed by atoms with Gasteiger partial charge in [-0.25, -0.2) is 8.42 Å². The lowest BCUT2D eigenvalue weighted by Crippen LogP contribution is -2.32. The number of sulfonamides is 1. The van der Waals surface area contributed by atoms with Crippen LogP contribution in [0.25, 0.3) is 0 Å². The van der Waals surface area contributed by atoms with Crippen LogP contribution in [0, 0.1) is 6.92 Å². The lowest BCUT2D eigenvalue weighted by molar-refractivity contribution is 0.0945. The molecular weight excluding hydrogens is 338 g/mol. The van der Waals surface area contributed by atoms with Gasteiger partial charge in [0.15, 0.2) is 0 Å². The van der Waals surface area contributed by atoms with E-state index in [0.717, 1.165) is 16.8 Å². The third kappa shape index (κ3) is 3.32. The Morgan fingerprint density at radius 1 is 1.16 bits per heavy atom. The Morgan fingerprint density at radius 2 is 1.92 bits per heavy atom. The van der Waals surface area contributed by atoms with E-state index in [1.54, 1.807) is 24.3 Å². The molecular formula is C18H21N3O3S. The molecule has 2 aromatic carbocycles. The maximum atomic E-state index is 12.8. The minimum atomic E-state index is -3.78. The topological polar surface area (TPSA) is 78.5 Å². The second-order valence-electron chi connectivity index (χ2n) is 6.27. The molecule has 3 rings (SSSR count). The van der Waals surface area contributed by atoms with E-state index in [2.05, 4.69) is 10.0 Å². The minimum Gasteiger partial charge on any atom is -0.377 e. The number of anilines is 2. The number of hydrogen-bond acceptors (Lipinski definition) is 4. The Kier molecular flexibility index (Phi) is 4.43. The molecule has 25 heavy (non-hydrogen) atoms. The number of fused-ring (bicyclic) bond motifs is 1. The summed E-state index contributed by atoms with van der Waals surface area (Å²) in [5.41, 5.74) is 3.59. The highest BCUT2D eigenvalue weighted by molar-refractivity contribution is 7.92. The normalized spacial score (nSPS) is 13.8. The molecule has 0 atom stereocenters. The summed E-state index contributed by atoms with van der Waals surface area (Å²) in [5, 5.41) is 2.74. The van der Waals surface area contributed by atoms with Gasteiger partial charge in [-0.15, -0.1) is 0 Å². The fourth-order valence-electron chi connectivity index (χ4n) is 2.98. The number of carbonyl (C=O) groups is 1. The summed E-state index contributed by atoms with van der Waals surface area (Å²) in [7, 11) is 0.0272. The van der Waals surface area contributed by atoms with Crippen LogP contribution < -0.4 is 14.9 Å². The van der Waals surface area contributed by atoms with Crippen molar-refractivity contribution in [2.45, 2.75) is 18.2 Å². The summed E-state index contributed by atoms with van der Waals surface area (Å²) < 4.78 is 28.2. The van der Waals surface area contributed by atoms with E-state index in [-0.39, 0.29) is 10.8 Å². The Hall–Kier alpha value is -2.54. The number of carbonyl (C=O) groups excluding carboxylic acids is 1. The van der Waals surface area contributed by atoms with E-state index in [4.69, 9.17) is 0 Å². The van der Waals surface area contributed by atoms with Gasteiger partial charge in [-0.3, -0.25) is 9.52 Å². The van der Waals surface area contributed by atoms with Crippen LogP contribution in [0.4, 0.5) is 11.4 Å². The second kappa shape index (κ2) is 6.40. The summed E-state index contributed by atoms with van der Waals surface area (Å²) in [6, 6.07) is 10.2. The van der Waals surface area contributed by atoms with E-state index in [0.29, 0.717) is 24.2 Å². The van der Waals surface area contributed by atoms with Gasteiger partial charge in [-0.2, -0.15) is 0 Å². The highest BCUT2D eigenvalue weighted by Gasteiger charge is 2.22. The molecule has 0 unspecified atom stereocenters. The first-order valence-electron chi connectivity index (χ1n) is 8.00. The Bertz CT molecular complexity index is 937. The van der Waals surface area contributed by atoms with Crippen LogP contribution in [-0.2, 0) is 16.4 Å². The second-order valence-corrected chi connectivity index (χ2v) is 7.96. The van der Waals surface area contributed by atoms with Crippen LogP contribution in [0.15, 0.2) is 41.3 Å². The van der Waals surface area contributed by atoms with Gasteiger partial charge in [-0.05, 0) is 48.7 Å². The lowest BCUT2D eigenvalue weighted by atomic mass is 10.0. The molecule has 1 aliphatic rings. The summed E-state index contributed by atoms with van der Waals surface area (Å²) in [5.74, 6) is -0.232. The highest BCUT2D eigenvalue weighted by Crippen LogP contribution is 2.28. The van der Waals surface area contributed by atoms with Crippen molar-refractivity contribution >= 4 is 27.3 Å². The van der Waals surface area contributed by atoms with Crippen LogP contribution in [0.3, 0.4) is 0 Å². The molecule has 1 aliphatic heterocycles. The van der Waals surface area contributed by atoms with Gasteiger partial charge in [0.2, 0.25) is 0 Å². The zero-order valence-corrected chi connectivity index (χ0v) is 15.3. The van der Waals surface area contributed by atoms with Crippen LogP contribution in [-0.4, -0.2) is 35.0 Å². The standard InChI is InChI=1S/C18H21N3O3S/c1-12-16(5-4-6-17(12)21(2)3)20-25(23,24)14-8-7-13-9-10-19-18(22)15(13)11-14/h4-8,11,20H,9-10H2,1-3H3,(H,19,22). The number of rotatable bonds is 4. The van der Waals surface area contributed by atoms with Crippen LogP contribution in [0.2, 0.25) is 0 Å². The maximum absolute atomic E-state index is 12.8. The van der Waals surface area contributed by atoms with Crippen molar-refractivity contribution in [3.63, 3.8) is 0 Å². The largest absolute Gasteiger partial charge is 0.377 e. The van der Waals surface area contributed by atoms with Crippen LogP contribution in [0.5, 0.6) is 0 Å². The molecule has 0 saturated carbocycles. The van der Waals surface area contributed by atoms with Crippen molar-refractivity contribution in [2.75, 3.05) is 30.3 Å². The summed E-state index contributed by atoms with van der Waals surface area (Å²) in [6.45, 7) is 2.44. The third-order valence-electron chi connectivity index (χ3n) is 4.35. The Morgan fingerprint density at radius 3 is 2.64 bits per heavy atom. The molecule has 0 radical (unpaired) electrons. The fraction of sp³-hybridized carbons (Fsp3) is 0.278. The molecule has 1 amide bonds. The highest BCUT2D eigenvalue weighted by atomic mass is 32.2. The van der Waals surface area contributed by atoms with Crippen molar-refractivity contribution in [3.8, 4) is 0 Å². The first-order valence-corrected chi connectivity index (χ1v) is 9.49. The van der Waals surface area contributed by atoms with Crippen LogP contribution in [0.1, 0.15) is 21.5 Å². The maximum Gasteiger partial charge on any atom is 0.261 e. The first-order chi connectivity index (χ1) is 11.8. The number of nitrogens with zero attached hydrogens (tertiary/aromatic N) is 1. The molecule has 0 saturated heterocycles. The molecule has 6 nitrogen and oxygen atoms in total. The zero-order chi connectivity index (χ0) is 18.2. The molecule has 0 aliphatic carbocycles. The van der Waals surface area contributed by atoms with Gasteiger partial charge >= 0.3 is 0 Å². The van der Waals surface area contributed by atoms with E-state index in [1.165, 1.54) is 6.07 Å².